The molecule has 0 aromatic heterocycles. The van der Waals surface area contributed by atoms with E-state index in [-0.39, 0.29) is 17.5 Å². The molecular weight excluding hydrogens is 271 g/mol. The van der Waals surface area contributed by atoms with E-state index >= 15 is 0 Å². The second-order valence-corrected chi connectivity index (χ2v) is 5.67. The topological polar surface area (TPSA) is 49.3 Å². The van der Waals surface area contributed by atoms with Crippen LogP contribution in [0.1, 0.15) is 36.7 Å². The van der Waals surface area contributed by atoms with Crippen LogP contribution < -0.4 is 5.32 Å². The van der Waals surface area contributed by atoms with Crippen LogP contribution in [0.2, 0.25) is 0 Å². The predicted octanol–water partition coefficient (Wildman–Crippen LogP) is 2.84. The lowest BCUT2D eigenvalue weighted by Gasteiger charge is -2.25. The van der Waals surface area contributed by atoms with E-state index in [1.54, 1.807) is 0 Å². The zero-order valence-electron chi connectivity index (χ0n) is 11.6. The van der Waals surface area contributed by atoms with Crippen molar-refractivity contribution in [1.29, 1.82) is 0 Å². The number of rotatable bonds is 3. The largest absolute Gasteiger partial charge is 0.416 e. The Morgan fingerprint density at radius 1 is 1.20 bits per heavy atom. The minimum atomic E-state index is -4.42. The van der Waals surface area contributed by atoms with Gasteiger partial charge in [0.15, 0.2) is 0 Å². The highest BCUT2D eigenvalue weighted by atomic mass is 19.4. The van der Waals surface area contributed by atoms with Gasteiger partial charge in [-0.2, -0.15) is 13.2 Å². The van der Waals surface area contributed by atoms with Crippen LogP contribution in [-0.4, -0.2) is 23.7 Å². The first-order chi connectivity index (χ1) is 9.01. The number of benzene rings is 1. The lowest BCUT2D eigenvalue weighted by Crippen LogP contribution is -2.39. The smallest absolute Gasteiger partial charge is 0.391 e. The van der Waals surface area contributed by atoms with Crippen LogP contribution in [0.25, 0.3) is 0 Å². The van der Waals surface area contributed by atoms with Gasteiger partial charge in [0.25, 0.3) is 5.91 Å². The maximum Gasteiger partial charge on any atom is 0.416 e. The van der Waals surface area contributed by atoms with Gasteiger partial charge >= 0.3 is 6.18 Å². The van der Waals surface area contributed by atoms with E-state index in [2.05, 4.69) is 5.32 Å². The number of aliphatic hydroxyl groups excluding tert-OH is 1. The van der Waals surface area contributed by atoms with Crippen molar-refractivity contribution in [2.75, 3.05) is 6.54 Å². The van der Waals surface area contributed by atoms with Crippen LogP contribution >= 0.6 is 0 Å². The second-order valence-electron chi connectivity index (χ2n) is 5.67. The standard InChI is InChI=1S/C14H18F3NO2/c1-13(2,3)11(19)8-18-12(20)9-4-6-10(7-5-9)14(15,16)17/h4-7,11,19H,8H2,1-3H3,(H,18,20). The van der Waals surface area contributed by atoms with Crippen molar-refractivity contribution in [2.24, 2.45) is 5.41 Å². The molecule has 20 heavy (non-hydrogen) atoms. The molecule has 6 heteroatoms. The highest BCUT2D eigenvalue weighted by Gasteiger charge is 2.30. The molecule has 0 bridgehead atoms. The number of hydrogen-bond acceptors (Lipinski definition) is 2. The fraction of sp³-hybridized carbons (Fsp3) is 0.500. The Balaban J connectivity index is 2.65. The molecule has 1 amide bonds. The Labute approximate surface area is 115 Å². The molecule has 1 atom stereocenters. The van der Waals surface area contributed by atoms with E-state index in [1.165, 1.54) is 0 Å². The van der Waals surface area contributed by atoms with Gasteiger partial charge in [-0.25, -0.2) is 0 Å². The number of halogens is 3. The van der Waals surface area contributed by atoms with Crippen LogP contribution in [0.5, 0.6) is 0 Å². The summed E-state index contributed by atoms with van der Waals surface area (Å²) in [5.41, 5.74) is -1.06. The van der Waals surface area contributed by atoms with E-state index in [4.69, 9.17) is 0 Å². The molecule has 0 saturated carbocycles. The SMILES string of the molecule is CC(C)(C)C(O)CNC(=O)c1ccc(C(F)(F)F)cc1. The fourth-order valence-electron chi connectivity index (χ4n) is 1.41. The van der Waals surface area contributed by atoms with Gasteiger partial charge in [0.05, 0.1) is 11.7 Å². The summed E-state index contributed by atoms with van der Waals surface area (Å²) in [6.45, 7) is 5.51. The number of amides is 1. The average molecular weight is 289 g/mol. The molecule has 0 heterocycles. The number of hydrogen-bond donors (Lipinski definition) is 2. The Morgan fingerprint density at radius 2 is 1.70 bits per heavy atom. The van der Waals surface area contributed by atoms with Gasteiger partial charge in [0.1, 0.15) is 0 Å². The Hall–Kier alpha value is -1.56. The third-order valence-electron chi connectivity index (χ3n) is 2.93. The molecule has 0 saturated heterocycles. The first kappa shape index (κ1) is 16.5. The lowest BCUT2D eigenvalue weighted by atomic mass is 9.89. The third kappa shape index (κ3) is 4.52. The minimum absolute atomic E-state index is 0.0450. The Bertz CT molecular complexity index is 461. The summed E-state index contributed by atoms with van der Waals surface area (Å²) < 4.78 is 37.1. The van der Waals surface area contributed by atoms with Gasteiger partial charge < -0.3 is 10.4 Å². The molecule has 1 aromatic carbocycles. The number of alkyl halides is 3. The lowest BCUT2D eigenvalue weighted by molar-refractivity contribution is -0.137. The van der Waals surface area contributed by atoms with E-state index in [1.807, 2.05) is 20.8 Å². The second kappa shape index (κ2) is 5.83. The van der Waals surface area contributed by atoms with Gasteiger partial charge in [-0.3, -0.25) is 4.79 Å². The summed E-state index contributed by atoms with van der Waals surface area (Å²) >= 11 is 0. The maximum absolute atomic E-state index is 12.4. The summed E-state index contributed by atoms with van der Waals surface area (Å²) in [7, 11) is 0. The van der Waals surface area contributed by atoms with Crippen molar-refractivity contribution in [3.05, 3.63) is 35.4 Å². The molecule has 1 aromatic rings. The van der Waals surface area contributed by atoms with Gasteiger partial charge in [-0.05, 0) is 29.7 Å². The third-order valence-corrected chi connectivity index (χ3v) is 2.93. The molecule has 0 spiro atoms. The summed E-state index contributed by atoms with van der Waals surface area (Å²) in [5.74, 6) is -0.512. The molecule has 2 N–H and O–H groups in total. The molecule has 1 unspecified atom stereocenters. The van der Waals surface area contributed by atoms with E-state index in [0.717, 1.165) is 24.3 Å². The highest BCUT2D eigenvalue weighted by Crippen LogP contribution is 2.29. The van der Waals surface area contributed by atoms with Gasteiger partial charge in [-0.1, -0.05) is 20.8 Å². The van der Waals surface area contributed by atoms with Crippen molar-refractivity contribution < 1.29 is 23.1 Å². The number of aliphatic hydroxyl groups is 1. The molecule has 112 valence electrons. The molecule has 1 rings (SSSR count). The van der Waals surface area contributed by atoms with Crippen molar-refractivity contribution in [3.63, 3.8) is 0 Å². The van der Waals surface area contributed by atoms with Crippen molar-refractivity contribution >= 4 is 5.91 Å². The first-order valence-electron chi connectivity index (χ1n) is 6.15. The van der Waals surface area contributed by atoms with Gasteiger partial charge in [-0.15, -0.1) is 0 Å². The average Bonchev–Trinajstić information content (AvgIpc) is 2.33. The molecule has 0 aliphatic rings. The summed E-state index contributed by atoms with van der Waals surface area (Å²) in [5, 5.41) is 12.3. The van der Waals surface area contributed by atoms with Gasteiger partial charge in [0.2, 0.25) is 0 Å². The number of carbonyl (C=O) groups excluding carboxylic acids is 1. The molecule has 0 aliphatic heterocycles. The van der Waals surface area contributed by atoms with E-state index in [0.29, 0.717) is 0 Å². The molecule has 0 radical (unpaired) electrons. The minimum Gasteiger partial charge on any atom is -0.391 e. The summed E-state index contributed by atoms with van der Waals surface area (Å²) in [6.07, 6.45) is -5.15. The zero-order chi connectivity index (χ0) is 15.6. The fourth-order valence-corrected chi connectivity index (χ4v) is 1.41. The molecule has 0 fully saturated rings. The van der Waals surface area contributed by atoms with Crippen molar-refractivity contribution in [3.8, 4) is 0 Å². The van der Waals surface area contributed by atoms with Crippen molar-refractivity contribution in [2.45, 2.75) is 33.1 Å². The summed E-state index contributed by atoms with van der Waals surface area (Å²) in [4.78, 5) is 11.7. The number of carbonyl (C=O) groups is 1. The summed E-state index contributed by atoms with van der Waals surface area (Å²) in [6, 6.07) is 3.94. The normalized spacial score (nSPS) is 13.9. The predicted molar refractivity (Wildman–Crippen MR) is 69.2 cm³/mol. The number of nitrogens with one attached hydrogen (secondary N) is 1. The van der Waals surface area contributed by atoms with E-state index < -0.39 is 23.8 Å². The first-order valence-corrected chi connectivity index (χ1v) is 6.15. The zero-order valence-corrected chi connectivity index (χ0v) is 11.6. The maximum atomic E-state index is 12.4. The molecule has 3 nitrogen and oxygen atoms in total. The van der Waals surface area contributed by atoms with Crippen molar-refractivity contribution in [1.82, 2.24) is 5.32 Å². The van der Waals surface area contributed by atoms with Crippen LogP contribution in [-0.2, 0) is 6.18 Å². The Kier molecular flexibility index (Phi) is 4.81. The molecular formula is C14H18F3NO2. The monoisotopic (exact) mass is 289 g/mol. The quantitative estimate of drug-likeness (QED) is 0.899. The van der Waals surface area contributed by atoms with Crippen LogP contribution in [0.4, 0.5) is 13.2 Å². The molecule has 0 aliphatic carbocycles. The Morgan fingerprint density at radius 3 is 2.10 bits per heavy atom. The van der Waals surface area contributed by atoms with E-state index in [9.17, 15) is 23.1 Å². The van der Waals surface area contributed by atoms with Crippen LogP contribution in [0.3, 0.4) is 0 Å². The van der Waals surface area contributed by atoms with Gasteiger partial charge in [0, 0.05) is 12.1 Å². The van der Waals surface area contributed by atoms with Crippen LogP contribution in [0, 0.1) is 5.41 Å². The van der Waals surface area contributed by atoms with Crippen LogP contribution in [0.15, 0.2) is 24.3 Å². The highest BCUT2D eigenvalue weighted by molar-refractivity contribution is 5.94.